The van der Waals surface area contributed by atoms with Gasteiger partial charge in [-0.3, -0.25) is 0 Å². The molecule has 0 saturated heterocycles. The van der Waals surface area contributed by atoms with Crippen LogP contribution in [0.4, 0.5) is 0 Å². The number of hydrogen-bond donors (Lipinski definition) is 0. The summed E-state index contributed by atoms with van der Waals surface area (Å²) in [5, 5.41) is 1.29. The van der Waals surface area contributed by atoms with Gasteiger partial charge in [-0.15, -0.1) is 0 Å². The fourth-order valence-corrected chi connectivity index (χ4v) is 4.82. The van der Waals surface area contributed by atoms with E-state index < -0.39 is 0 Å². The molecule has 0 atom stereocenters. The molecule has 0 aliphatic heterocycles. The third-order valence-corrected chi connectivity index (χ3v) is 6.63. The first-order valence-electron chi connectivity index (χ1n) is 12.6. The van der Waals surface area contributed by atoms with Crippen molar-refractivity contribution in [3.8, 4) is 11.3 Å². The molecular weight excluding hydrogens is 374 g/mol. The normalized spacial score (nSPS) is 12.2. The summed E-state index contributed by atoms with van der Waals surface area (Å²) >= 11 is 0. The van der Waals surface area contributed by atoms with Crippen LogP contribution in [-0.4, -0.2) is 4.98 Å². The molecule has 0 radical (unpaired) electrons. The Morgan fingerprint density at radius 2 is 1.32 bits per heavy atom. The highest BCUT2D eigenvalue weighted by atomic mass is 14.7. The van der Waals surface area contributed by atoms with Crippen molar-refractivity contribution in [3.05, 3.63) is 65.2 Å². The molecule has 31 heavy (non-hydrogen) atoms. The van der Waals surface area contributed by atoms with Gasteiger partial charge in [0.25, 0.3) is 0 Å². The summed E-state index contributed by atoms with van der Waals surface area (Å²) in [5.41, 5.74) is 7.46. The Kier molecular flexibility index (Phi) is 7.93. The van der Waals surface area contributed by atoms with Gasteiger partial charge in [-0.1, -0.05) is 114 Å². The molecule has 2 aromatic carbocycles. The molecule has 0 spiro atoms. The molecule has 0 amide bonds. The molecule has 1 nitrogen and oxygen atoms in total. The van der Waals surface area contributed by atoms with E-state index in [0.29, 0.717) is 0 Å². The zero-order valence-corrected chi connectivity index (χ0v) is 19.2. The van der Waals surface area contributed by atoms with Crippen LogP contribution >= 0.6 is 0 Å². The maximum absolute atomic E-state index is 4.97. The monoisotopic (exact) mass is 411 g/mol. The van der Waals surface area contributed by atoms with Crippen molar-refractivity contribution in [2.45, 2.75) is 84.0 Å². The van der Waals surface area contributed by atoms with Crippen molar-refractivity contribution in [1.29, 1.82) is 0 Å². The van der Waals surface area contributed by atoms with Gasteiger partial charge in [0.05, 0.1) is 11.2 Å². The number of pyridine rings is 1. The summed E-state index contributed by atoms with van der Waals surface area (Å²) in [6.45, 7) is 2.29. The van der Waals surface area contributed by atoms with Crippen LogP contribution in [0.5, 0.6) is 0 Å². The average molecular weight is 412 g/mol. The first-order chi connectivity index (χ1) is 15.3. The van der Waals surface area contributed by atoms with Crippen LogP contribution in [0.1, 0.15) is 94.2 Å². The molecule has 1 aliphatic carbocycles. The summed E-state index contributed by atoms with van der Waals surface area (Å²) in [6, 6.07) is 17.7. The maximum atomic E-state index is 4.97. The standard InChI is InChI=1S/C30H37N/c1-2-3-4-5-6-7-8-9-10-11-12-15-24-16-13-18-26(22-24)29-23-27-21-20-25-17-14-19-28(31-29)30(25)27/h13-14,16-23H,2-12,15H2,1H3. The number of aryl methyl sites for hydroxylation is 1. The molecule has 162 valence electrons. The van der Waals surface area contributed by atoms with Crippen LogP contribution in [-0.2, 0) is 6.42 Å². The predicted octanol–water partition coefficient (Wildman–Crippen LogP) is 9.24. The van der Waals surface area contributed by atoms with Gasteiger partial charge in [-0.2, -0.15) is 0 Å². The first-order valence-corrected chi connectivity index (χ1v) is 12.6. The van der Waals surface area contributed by atoms with Gasteiger partial charge < -0.3 is 0 Å². The average Bonchev–Trinajstić information content (AvgIpc) is 3.22. The molecule has 3 aromatic rings. The van der Waals surface area contributed by atoms with E-state index in [1.54, 1.807) is 0 Å². The minimum atomic E-state index is 1.09. The third kappa shape index (κ3) is 5.85. The van der Waals surface area contributed by atoms with Gasteiger partial charge in [0.1, 0.15) is 0 Å². The van der Waals surface area contributed by atoms with E-state index in [1.165, 1.54) is 105 Å². The molecule has 0 N–H and O–H groups in total. The minimum Gasteiger partial charge on any atom is -0.248 e. The van der Waals surface area contributed by atoms with Crippen molar-refractivity contribution in [1.82, 2.24) is 4.98 Å². The Morgan fingerprint density at radius 1 is 0.645 bits per heavy atom. The molecule has 1 heteroatoms. The molecule has 0 fully saturated rings. The molecule has 4 rings (SSSR count). The van der Waals surface area contributed by atoms with E-state index in [9.17, 15) is 0 Å². The first kappa shape index (κ1) is 21.8. The van der Waals surface area contributed by atoms with Gasteiger partial charge in [0.2, 0.25) is 0 Å². The summed E-state index contributed by atoms with van der Waals surface area (Å²) in [6.07, 6.45) is 21.0. The van der Waals surface area contributed by atoms with Crippen LogP contribution in [0.2, 0.25) is 0 Å². The number of hydrogen-bond acceptors (Lipinski definition) is 1. The summed E-state index contributed by atoms with van der Waals surface area (Å²) in [4.78, 5) is 4.97. The summed E-state index contributed by atoms with van der Waals surface area (Å²) < 4.78 is 0. The fourth-order valence-electron chi connectivity index (χ4n) is 4.82. The second-order valence-corrected chi connectivity index (χ2v) is 9.16. The lowest BCUT2D eigenvalue weighted by Crippen LogP contribution is -1.91. The third-order valence-electron chi connectivity index (χ3n) is 6.63. The Balaban J connectivity index is 1.24. The summed E-state index contributed by atoms with van der Waals surface area (Å²) in [5.74, 6) is 0. The van der Waals surface area contributed by atoms with Crippen molar-refractivity contribution < 1.29 is 0 Å². The van der Waals surface area contributed by atoms with Crippen molar-refractivity contribution in [3.63, 3.8) is 0 Å². The van der Waals surface area contributed by atoms with E-state index in [-0.39, 0.29) is 0 Å². The zero-order valence-electron chi connectivity index (χ0n) is 19.2. The largest absolute Gasteiger partial charge is 0.248 e. The Labute approximate surface area is 188 Å². The van der Waals surface area contributed by atoms with Crippen LogP contribution in [0.15, 0.2) is 48.5 Å². The predicted molar refractivity (Wildman–Crippen MR) is 136 cm³/mol. The lowest BCUT2D eigenvalue weighted by atomic mass is 10.00. The summed E-state index contributed by atoms with van der Waals surface area (Å²) in [7, 11) is 0. The smallest absolute Gasteiger partial charge is 0.0721 e. The van der Waals surface area contributed by atoms with E-state index in [1.807, 2.05) is 0 Å². The SMILES string of the molecule is CCCCCCCCCCCCCc1cccc(-c2cc3c4c(cccc4n2)C=C3)c1. The zero-order chi connectivity index (χ0) is 21.3. The van der Waals surface area contributed by atoms with E-state index >= 15 is 0 Å². The number of aromatic nitrogens is 1. The van der Waals surface area contributed by atoms with Gasteiger partial charge in [0.15, 0.2) is 0 Å². The molecule has 1 aromatic heterocycles. The number of nitrogens with zero attached hydrogens (tertiary/aromatic N) is 1. The minimum absolute atomic E-state index is 1.09. The van der Waals surface area contributed by atoms with Gasteiger partial charge in [-0.05, 0) is 47.7 Å². The van der Waals surface area contributed by atoms with Crippen LogP contribution < -0.4 is 0 Å². The number of rotatable bonds is 13. The van der Waals surface area contributed by atoms with Crippen molar-refractivity contribution in [2.24, 2.45) is 0 Å². The molecule has 0 unspecified atom stereocenters. The second-order valence-electron chi connectivity index (χ2n) is 9.16. The van der Waals surface area contributed by atoms with E-state index in [0.717, 1.165) is 11.2 Å². The van der Waals surface area contributed by atoms with Gasteiger partial charge in [0, 0.05) is 10.9 Å². The highest BCUT2D eigenvalue weighted by molar-refractivity contribution is 6.04. The highest BCUT2D eigenvalue weighted by Crippen LogP contribution is 2.33. The molecule has 0 saturated carbocycles. The number of unbranched alkanes of at least 4 members (excludes halogenated alkanes) is 10. The quantitative estimate of drug-likeness (QED) is 0.200. The highest BCUT2D eigenvalue weighted by Gasteiger charge is 2.12. The maximum Gasteiger partial charge on any atom is 0.0721 e. The van der Waals surface area contributed by atoms with E-state index in [2.05, 4.69) is 67.6 Å². The van der Waals surface area contributed by atoms with Gasteiger partial charge >= 0.3 is 0 Å². The lowest BCUT2D eigenvalue weighted by Gasteiger charge is -2.08. The van der Waals surface area contributed by atoms with Crippen LogP contribution in [0.3, 0.4) is 0 Å². The van der Waals surface area contributed by atoms with Crippen molar-refractivity contribution >= 4 is 23.1 Å². The molecule has 1 aliphatic rings. The second kappa shape index (κ2) is 11.3. The fraction of sp³-hybridized carbons (Fsp3) is 0.433. The van der Waals surface area contributed by atoms with Crippen LogP contribution in [0.25, 0.3) is 34.3 Å². The number of benzene rings is 2. The Morgan fingerprint density at radius 3 is 2.10 bits per heavy atom. The molecular formula is C30H37N. The Bertz CT molecular complexity index is 1010. The van der Waals surface area contributed by atoms with E-state index in [4.69, 9.17) is 4.98 Å². The molecule has 1 heterocycles. The van der Waals surface area contributed by atoms with Crippen LogP contribution in [0, 0.1) is 0 Å². The van der Waals surface area contributed by atoms with Gasteiger partial charge in [-0.25, -0.2) is 4.98 Å². The Hall–Kier alpha value is -2.41. The lowest BCUT2D eigenvalue weighted by molar-refractivity contribution is 0.549. The molecule has 0 bridgehead atoms. The topological polar surface area (TPSA) is 12.9 Å². The van der Waals surface area contributed by atoms with Crippen molar-refractivity contribution in [2.75, 3.05) is 0 Å².